The second-order valence-electron chi connectivity index (χ2n) is 2.87. The third-order valence-electron chi connectivity index (χ3n) is 1.48. The molecule has 0 bridgehead atoms. The van der Waals surface area contributed by atoms with E-state index in [9.17, 15) is 13.6 Å². The van der Waals surface area contributed by atoms with Crippen LogP contribution in [0, 0.1) is 0 Å². The summed E-state index contributed by atoms with van der Waals surface area (Å²) >= 11 is 0.893. The lowest BCUT2D eigenvalue weighted by Crippen LogP contribution is -2.07. The standard InChI is InChI=1S/C8H10F2N2O4S/c9-5(10)3-15-2-1-6-11-8(16-12-6)17-4-7(13)14/h5H,1-4H2,(H,13,14). The zero-order valence-corrected chi connectivity index (χ0v) is 9.45. The summed E-state index contributed by atoms with van der Waals surface area (Å²) in [5, 5.41) is 12.1. The molecule has 1 heterocycles. The first-order valence-electron chi connectivity index (χ1n) is 4.61. The van der Waals surface area contributed by atoms with Gasteiger partial charge in [-0.3, -0.25) is 4.79 Å². The average molecular weight is 268 g/mol. The second kappa shape index (κ2) is 7.17. The Labute approximate surface area is 99.3 Å². The van der Waals surface area contributed by atoms with Gasteiger partial charge in [0, 0.05) is 6.42 Å². The molecule has 1 aromatic heterocycles. The summed E-state index contributed by atoms with van der Waals surface area (Å²) in [7, 11) is 0. The molecule has 0 amide bonds. The number of hydrogen-bond donors (Lipinski definition) is 1. The minimum absolute atomic E-state index is 0.0624. The summed E-state index contributed by atoms with van der Waals surface area (Å²) in [4.78, 5) is 14.1. The van der Waals surface area contributed by atoms with Crippen molar-refractivity contribution in [2.45, 2.75) is 18.1 Å². The van der Waals surface area contributed by atoms with Crippen molar-refractivity contribution in [2.75, 3.05) is 19.0 Å². The molecule has 0 saturated heterocycles. The van der Waals surface area contributed by atoms with Crippen LogP contribution in [0.1, 0.15) is 5.82 Å². The van der Waals surface area contributed by atoms with Crippen LogP contribution < -0.4 is 0 Å². The van der Waals surface area contributed by atoms with E-state index in [-0.39, 0.29) is 24.0 Å². The van der Waals surface area contributed by atoms with E-state index in [1.54, 1.807) is 0 Å². The highest BCUT2D eigenvalue weighted by Crippen LogP contribution is 2.14. The predicted octanol–water partition coefficient (Wildman–Crippen LogP) is 1.07. The van der Waals surface area contributed by atoms with Gasteiger partial charge in [0.15, 0.2) is 5.82 Å². The number of carboxylic acid groups (broad SMARTS) is 1. The highest BCUT2D eigenvalue weighted by atomic mass is 32.2. The van der Waals surface area contributed by atoms with E-state index in [1.807, 2.05) is 0 Å². The van der Waals surface area contributed by atoms with Crippen LogP contribution in [0.15, 0.2) is 9.75 Å². The number of carboxylic acids is 1. The van der Waals surface area contributed by atoms with Crippen molar-refractivity contribution >= 4 is 17.7 Å². The molecule has 0 spiro atoms. The van der Waals surface area contributed by atoms with Gasteiger partial charge in [-0.05, 0) is 0 Å². The maximum atomic E-state index is 11.7. The third kappa shape index (κ3) is 6.17. The molecule has 17 heavy (non-hydrogen) atoms. The molecule has 1 rings (SSSR count). The second-order valence-corrected chi connectivity index (χ2v) is 3.80. The fraction of sp³-hybridized carbons (Fsp3) is 0.625. The minimum atomic E-state index is -2.50. The molecule has 1 aromatic rings. The summed E-state index contributed by atoms with van der Waals surface area (Å²) in [6, 6.07) is 0. The number of nitrogens with zero attached hydrogens (tertiary/aromatic N) is 2. The Morgan fingerprint density at radius 2 is 2.35 bits per heavy atom. The number of aromatic nitrogens is 2. The molecule has 96 valence electrons. The van der Waals surface area contributed by atoms with Crippen LogP contribution >= 0.6 is 11.8 Å². The number of alkyl halides is 2. The van der Waals surface area contributed by atoms with Gasteiger partial charge >= 0.3 is 5.97 Å². The average Bonchev–Trinajstić information content (AvgIpc) is 2.69. The lowest BCUT2D eigenvalue weighted by molar-refractivity contribution is -0.133. The first-order valence-corrected chi connectivity index (χ1v) is 5.59. The predicted molar refractivity (Wildman–Crippen MR) is 53.2 cm³/mol. The Morgan fingerprint density at radius 1 is 1.59 bits per heavy atom. The first-order chi connectivity index (χ1) is 8.08. The van der Waals surface area contributed by atoms with E-state index in [0.29, 0.717) is 5.82 Å². The van der Waals surface area contributed by atoms with E-state index in [1.165, 1.54) is 0 Å². The quantitative estimate of drug-likeness (QED) is 0.557. The number of hydrogen-bond acceptors (Lipinski definition) is 6. The van der Waals surface area contributed by atoms with Gasteiger partial charge in [0.05, 0.1) is 6.61 Å². The van der Waals surface area contributed by atoms with Crippen LogP contribution in [0.3, 0.4) is 0 Å². The Hall–Kier alpha value is -1.22. The number of ether oxygens (including phenoxy) is 1. The van der Waals surface area contributed by atoms with E-state index in [4.69, 9.17) is 9.63 Å². The molecule has 0 radical (unpaired) electrons. The molecule has 0 aliphatic carbocycles. The number of aliphatic carboxylic acids is 1. The molecule has 0 unspecified atom stereocenters. The van der Waals surface area contributed by atoms with Crippen LogP contribution in [-0.2, 0) is 16.0 Å². The highest BCUT2D eigenvalue weighted by molar-refractivity contribution is 7.99. The molecular weight excluding hydrogens is 258 g/mol. The van der Waals surface area contributed by atoms with E-state index < -0.39 is 19.0 Å². The molecule has 6 nitrogen and oxygen atoms in total. The normalized spacial score (nSPS) is 11.0. The highest BCUT2D eigenvalue weighted by Gasteiger charge is 2.09. The van der Waals surface area contributed by atoms with Gasteiger partial charge in [-0.2, -0.15) is 4.98 Å². The van der Waals surface area contributed by atoms with Crippen molar-refractivity contribution in [1.82, 2.24) is 10.1 Å². The van der Waals surface area contributed by atoms with Crippen molar-refractivity contribution in [3.8, 4) is 0 Å². The molecular formula is C8H10F2N2O4S. The fourth-order valence-electron chi connectivity index (χ4n) is 0.857. The Morgan fingerprint density at radius 3 is 3.00 bits per heavy atom. The van der Waals surface area contributed by atoms with Gasteiger partial charge in [0.25, 0.3) is 11.6 Å². The van der Waals surface area contributed by atoms with E-state index >= 15 is 0 Å². The summed E-state index contributed by atoms with van der Waals surface area (Å²) < 4.78 is 32.8. The van der Waals surface area contributed by atoms with Gasteiger partial charge in [-0.25, -0.2) is 8.78 Å². The lowest BCUT2D eigenvalue weighted by Gasteiger charge is -1.99. The SMILES string of the molecule is O=C(O)CSc1nc(CCOCC(F)F)no1. The lowest BCUT2D eigenvalue weighted by atomic mass is 10.4. The Bertz CT molecular complexity index is 361. The smallest absolute Gasteiger partial charge is 0.314 e. The van der Waals surface area contributed by atoms with Gasteiger partial charge in [-0.1, -0.05) is 16.9 Å². The number of rotatable bonds is 8. The molecule has 0 aliphatic rings. The van der Waals surface area contributed by atoms with Crippen LogP contribution in [0.4, 0.5) is 8.78 Å². The summed E-state index contributed by atoms with van der Waals surface area (Å²) in [5.41, 5.74) is 0. The number of carbonyl (C=O) groups is 1. The Kier molecular flexibility index (Phi) is 5.84. The first kappa shape index (κ1) is 13.8. The van der Waals surface area contributed by atoms with Gasteiger partial charge in [0.2, 0.25) is 0 Å². The van der Waals surface area contributed by atoms with Crippen LogP contribution in [0.2, 0.25) is 0 Å². The maximum absolute atomic E-state index is 11.7. The molecule has 9 heteroatoms. The van der Waals surface area contributed by atoms with E-state index in [0.717, 1.165) is 11.8 Å². The number of halogens is 2. The van der Waals surface area contributed by atoms with E-state index in [2.05, 4.69) is 14.9 Å². The van der Waals surface area contributed by atoms with Crippen molar-refractivity contribution in [1.29, 1.82) is 0 Å². The largest absolute Gasteiger partial charge is 0.481 e. The summed E-state index contributed by atoms with van der Waals surface area (Å²) in [5.74, 6) is -0.870. The topological polar surface area (TPSA) is 85.5 Å². The van der Waals surface area contributed by atoms with Crippen LogP contribution in [-0.4, -0.2) is 46.6 Å². The molecule has 0 aromatic carbocycles. The van der Waals surface area contributed by atoms with Crippen molar-refractivity contribution in [2.24, 2.45) is 0 Å². The van der Waals surface area contributed by atoms with Crippen LogP contribution in [0.5, 0.6) is 0 Å². The Balaban J connectivity index is 2.23. The van der Waals surface area contributed by atoms with Crippen molar-refractivity contribution in [3.63, 3.8) is 0 Å². The number of thioether (sulfide) groups is 1. The monoisotopic (exact) mass is 268 g/mol. The molecule has 0 fully saturated rings. The molecule has 1 N–H and O–H groups in total. The zero-order valence-electron chi connectivity index (χ0n) is 8.64. The summed E-state index contributed by atoms with van der Waals surface area (Å²) in [6.45, 7) is -0.564. The molecule has 0 aliphatic heterocycles. The van der Waals surface area contributed by atoms with Crippen molar-refractivity contribution < 1.29 is 27.9 Å². The third-order valence-corrected chi connectivity index (χ3v) is 2.29. The fourth-order valence-corrected chi connectivity index (χ4v) is 1.36. The van der Waals surface area contributed by atoms with Gasteiger partial charge in [0.1, 0.15) is 12.4 Å². The minimum Gasteiger partial charge on any atom is -0.481 e. The molecule has 0 atom stereocenters. The zero-order chi connectivity index (χ0) is 12.7. The summed E-state index contributed by atoms with van der Waals surface area (Å²) in [6.07, 6.45) is -2.26. The molecule has 0 saturated carbocycles. The van der Waals surface area contributed by atoms with Gasteiger partial charge < -0.3 is 14.4 Å². The van der Waals surface area contributed by atoms with Crippen LogP contribution in [0.25, 0.3) is 0 Å². The van der Waals surface area contributed by atoms with Crippen molar-refractivity contribution in [3.05, 3.63) is 5.82 Å². The van der Waals surface area contributed by atoms with Gasteiger partial charge in [-0.15, -0.1) is 0 Å². The maximum Gasteiger partial charge on any atom is 0.314 e.